The molecule has 0 heterocycles. The topological polar surface area (TPSA) is 233 Å². The van der Waals surface area contributed by atoms with Crippen LogP contribution < -0.4 is 58.2 Å². The predicted octanol–water partition coefficient (Wildman–Crippen LogP) is -2.99. The molecule has 0 rings (SSSR count). The maximum Gasteiger partial charge on any atom is 1.00 e. The molecule has 0 radical (unpaired) electrons. The van der Waals surface area contributed by atoms with E-state index in [1.165, 1.54) is 13.5 Å². The van der Waals surface area contributed by atoms with Crippen molar-refractivity contribution in [3.05, 3.63) is 12.2 Å². The number of rotatable bonds is 18. The van der Waals surface area contributed by atoms with Gasteiger partial charge in [0.25, 0.3) is 23.9 Å². The van der Waals surface area contributed by atoms with Crippen molar-refractivity contribution >= 4 is 60.1 Å². The molecule has 0 saturated heterocycles. The van der Waals surface area contributed by atoms with Gasteiger partial charge in [-0.2, -0.15) is 0 Å². The van der Waals surface area contributed by atoms with Crippen molar-refractivity contribution in [2.45, 2.75) is 60.1 Å². The molecule has 0 aliphatic heterocycles. The van der Waals surface area contributed by atoms with Gasteiger partial charge in [-0.15, -0.1) is 0 Å². The summed E-state index contributed by atoms with van der Waals surface area (Å²) in [6, 6.07) is 0. The first-order chi connectivity index (χ1) is 18.5. The third-order valence-electron chi connectivity index (χ3n) is 3.80. The van der Waals surface area contributed by atoms with Crippen LogP contribution in [0.1, 0.15) is 47.5 Å². The van der Waals surface area contributed by atoms with Gasteiger partial charge in [0.15, 0.2) is 0 Å². The van der Waals surface area contributed by atoms with Crippen molar-refractivity contribution < 1.29 is 138 Å². The second kappa shape index (κ2) is 23.6. The van der Waals surface area contributed by atoms with Gasteiger partial charge in [-0.1, -0.05) is 6.58 Å². The average molecular weight is 712 g/mol. The molecule has 0 fully saturated rings. The SMILES string of the molecule is C=C(C)C(=O)OCCOC(=O)CCC(=O)OCC(CO[Si](C)(OC(C)=O)OC(C)=O)O[Si-](OC(C)=O)OC(C)=O.[OH-].[Rb+]. The minimum atomic E-state index is -3.89. The molecule has 0 bridgehead atoms. The van der Waals surface area contributed by atoms with Crippen molar-refractivity contribution in [3.63, 3.8) is 0 Å². The van der Waals surface area contributed by atoms with Gasteiger partial charge in [0.1, 0.15) is 19.8 Å². The van der Waals surface area contributed by atoms with Gasteiger partial charge in [0, 0.05) is 39.8 Å². The van der Waals surface area contributed by atoms with E-state index in [1.54, 1.807) is 0 Å². The standard InChI is InChI=1S/C22H33O16Si2.H2O.Rb/c1-14(2)22(29)31-11-10-30-20(27)8-9-21(28)32-12-19(36-39(34-15(3)23)35-16(4)24)13-33-40(7,37-17(5)25)38-18(6)26;;/h19H,1,8-13H2,2-7H3;1H2;/q-1;;+1/p-1. The van der Waals surface area contributed by atoms with E-state index in [4.69, 9.17) is 40.8 Å². The van der Waals surface area contributed by atoms with Crippen LogP contribution in [0.5, 0.6) is 0 Å². The van der Waals surface area contributed by atoms with Crippen molar-refractivity contribution in [1.82, 2.24) is 0 Å². The summed E-state index contributed by atoms with van der Waals surface area (Å²) >= 11 is 0. The molecule has 0 aliphatic rings. The summed E-state index contributed by atoms with van der Waals surface area (Å²) in [6.45, 7) is 8.79. The number of ether oxygens (including phenoxy) is 3. The smallest absolute Gasteiger partial charge is 0.870 e. The quantitative estimate of drug-likeness (QED) is 0.0453. The number of carbonyl (C=O) groups is 7. The molecule has 0 aromatic carbocycles. The zero-order valence-corrected chi connectivity index (χ0v) is 31.4. The molecule has 0 aromatic rings. The van der Waals surface area contributed by atoms with Crippen molar-refractivity contribution in [1.29, 1.82) is 0 Å². The Bertz CT molecular complexity index is 925. The van der Waals surface area contributed by atoms with Gasteiger partial charge < -0.3 is 46.2 Å². The van der Waals surface area contributed by atoms with E-state index >= 15 is 0 Å². The third-order valence-corrected chi connectivity index (χ3v) is 7.24. The van der Waals surface area contributed by atoms with Crippen LogP contribution in [0.4, 0.5) is 0 Å². The maximum absolute atomic E-state index is 12.2. The molecule has 0 spiro atoms. The molecule has 0 amide bonds. The fourth-order valence-electron chi connectivity index (χ4n) is 2.35. The summed E-state index contributed by atoms with van der Waals surface area (Å²) in [5.41, 5.74) is 0.181. The van der Waals surface area contributed by atoms with Gasteiger partial charge in [0.05, 0.1) is 25.6 Å². The molecular weight excluding hydrogens is 678 g/mol. The maximum atomic E-state index is 12.2. The van der Waals surface area contributed by atoms with Crippen LogP contribution in [0.15, 0.2) is 12.2 Å². The molecular formula is C22H34O17RbSi2-. The van der Waals surface area contributed by atoms with E-state index in [0.717, 1.165) is 27.7 Å². The first-order valence-corrected chi connectivity index (χ1v) is 15.0. The van der Waals surface area contributed by atoms with E-state index in [2.05, 4.69) is 6.58 Å². The summed E-state index contributed by atoms with van der Waals surface area (Å²) in [6.07, 6.45) is -2.05. The first-order valence-electron chi connectivity index (χ1n) is 11.6. The second-order valence-corrected chi connectivity index (χ2v) is 11.4. The van der Waals surface area contributed by atoms with Gasteiger partial charge in [-0.05, 0) is 6.92 Å². The van der Waals surface area contributed by atoms with Crippen LogP contribution in [0.2, 0.25) is 6.55 Å². The van der Waals surface area contributed by atoms with E-state index < -0.39 is 85.9 Å². The fraction of sp³-hybridized carbons (Fsp3) is 0.591. The van der Waals surface area contributed by atoms with Gasteiger partial charge in [0.2, 0.25) is 0 Å². The molecule has 17 nitrogen and oxygen atoms in total. The summed E-state index contributed by atoms with van der Waals surface area (Å²) in [4.78, 5) is 80.9. The Labute approximate surface area is 294 Å². The second-order valence-electron chi connectivity index (χ2n) is 7.86. The number of carbonyl (C=O) groups excluding carboxylic acids is 7. The molecule has 0 aliphatic carbocycles. The van der Waals surface area contributed by atoms with Crippen LogP contribution in [0.25, 0.3) is 0 Å². The minimum absolute atomic E-state index is 0. The van der Waals surface area contributed by atoms with Crippen molar-refractivity contribution in [3.8, 4) is 0 Å². The normalized spacial score (nSPS) is 10.9. The summed E-state index contributed by atoms with van der Waals surface area (Å²) in [5, 5.41) is 0. The minimum Gasteiger partial charge on any atom is -0.870 e. The molecule has 0 aromatic heterocycles. The van der Waals surface area contributed by atoms with Crippen LogP contribution in [-0.2, 0) is 74.3 Å². The summed E-state index contributed by atoms with van der Waals surface area (Å²) in [7, 11) is -6.93. The van der Waals surface area contributed by atoms with Crippen LogP contribution in [-0.4, -0.2) is 98.1 Å². The van der Waals surface area contributed by atoms with Crippen molar-refractivity contribution in [2.24, 2.45) is 0 Å². The third kappa shape index (κ3) is 23.7. The molecule has 1 atom stereocenters. The van der Waals surface area contributed by atoms with E-state index in [-0.39, 0.29) is 88.9 Å². The number of esters is 3. The van der Waals surface area contributed by atoms with Crippen LogP contribution in [0.3, 0.4) is 0 Å². The molecule has 234 valence electrons. The molecule has 42 heavy (non-hydrogen) atoms. The summed E-state index contributed by atoms with van der Waals surface area (Å²) in [5.74, 6) is -5.55. The summed E-state index contributed by atoms with van der Waals surface area (Å²) < 4.78 is 45.4. The Morgan fingerprint density at radius 2 is 1.17 bits per heavy atom. The predicted molar refractivity (Wildman–Crippen MR) is 134 cm³/mol. The molecule has 20 heteroatoms. The van der Waals surface area contributed by atoms with Gasteiger partial charge in [-0.3, -0.25) is 28.8 Å². The fourth-order valence-corrected chi connectivity index (χ4v) is 5.06. The largest absolute Gasteiger partial charge is 1.00 e. The Balaban J connectivity index is -0.00000760. The Morgan fingerprint density at radius 3 is 1.60 bits per heavy atom. The van der Waals surface area contributed by atoms with Crippen LogP contribution in [0, 0.1) is 0 Å². The molecule has 0 saturated carbocycles. The van der Waals surface area contributed by atoms with E-state index in [9.17, 15) is 33.6 Å². The molecule has 1 N–H and O–H groups in total. The van der Waals surface area contributed by atoms with E-state index in [0.29, 0.717) is 0 Å². The molecule has 1 unspecified atom stereocenters. The number of hydrogen-bond acceptors (Lipinski definition) is 17. The Hall–Kier alpha value is -1.85. The Kier molecular flexibility index (Phi) is 25.0. The van der Waals surface area contributed by atoms with Crippen molar-refractivity contribution in [2.75, 3.05) is 26.4 Å². The average Bonchev–Trinajstić information content (AvgIpc) is 2.79. The van der Waals surface area contributed by atoms with Gasteiger partial charge >= 0.3 is 94.4 Å². The zero-order valence-electron chi connectivity index (χ0n) is 24.5. The number of hydrogen-bond donors (Lipinski definition) is 0. The Morgan fingerprint density at radius 1 is 0.714 bits per heavy atom. The monoisotopic (exact) mass is 711 g/mol. The zero-order chi connectivity index (χ0) is 30.9. The first kappa shape index (κ1) is 44.6. The van der Waals surface area contributed by atoms with E-state index in [1.807, 2.05) is 0 Å². The van der Waals surface area contributed by atoms with Crippen LogP contribution >= 0.6 is 0 Å². The van der Waals surface area contributed by atoms with Gasteiger partial charge in [-0.25, -0.2) is 4.79 Å².